The molecule has 0 amide bonds. The van der Waals surface area contributed by atoms with E-state index in [1.807, 2.05) is 12.3 Å². The molecule has 3 aromatic rings. The third-order valence-electron chi connectivity index (χ3n) is 7.86. The zero-order valence-electron chi connectivity index (χ0n) is 26.6. The summed E-state index contributed by atoms with van der Waals surface area (Å²) in [6, 6.07) is 15.8. The van der Waals surface area contributed by atoms with E-state index in [1.165, 1.54) is 44.8 Å². The molecule has 1 aromatic heterocycles. The average Bonchev–Trinajstić information content (AvgIpc) is 2.98. The zero-order valence-corrected chi connectivity index (χ0v) is 29.1. The molecule has 0 unspecified atom stereocenters. The number of rotatable bonds is 17. The second kappa shape index (κ2) is 21.9. The summed E-state index contributed by atoms with van der Waals surface area (Å²) < 4.78 is 0. The maximum Gasteiger partial charge on any atom is 2.00 e. The van der Waals surface area contributed by atoms with E-state index < -0.39 is 0 Å². The number of aryl methyl sites for hydroxylation is 6. The number of anilines is 2. The fraction of sp³-hybridized carbons (Fsp3) is 0.514. The van der Waals surface area contributed by atoms with Crippen molar-refractivity contribution in [3.05, 3.63) is 87.7 Å². The summed E-state index contributed by atoms with van der Waals surface area (Å²) in [6.07, 6.45) is 9.45. The molecule has 42 heavy (non-hydrogen) atoms. The molecule has 0 bridgehead atoms. The van der Waals surface area contributed by atoms with Gasteiger partial charge in [0.05, 0.1) is 5.69 Å². The Labute approximate surface area is 279 Å². The van der Waals surface area contributed by atoms with Gasteiger partial charge in [0, 0.05) is 50.3 Å². The normalized spacial score (nSPS) is 10.5. The van der Waals surface area contributed by atoms with Crippen LogP contribution in [0, 0.1) is 0 Å². The van der Waals surface area contributed by atoms with Crippen LogP contribution in [-0.2, 0) is 61.8 Å². The van der Waals surface area contributed by atoms with Gasteiger partial charge in [0.1, 0.15) is 0 Å². The summed E-state index contributed by atoms with van der Waals surface area (Å²) in [5.74, 6) is 0. The van der Waals surface area contributed by atoms with Crippen molar-refractivity contribution in [2.45, 2.75) is 93.0 Å². The minimum absolute atomic E-state index is 0. The number of hydrogen-bond donors (Lipinski definition) is 2. The average molecular weight is 659 g/mol. The van der Waals surface area contributed by atoms with Crippen molar-refractivity contribution in [2.75, 3.05) is 36.8 Å². The smallest absolute Gasteiger partial charge is 1.00 e. The predicted molar refractivity (Wildman–Crippen MR) is 170 cm³/mol. The number of pyridine rings is 1. The molecule has 0 saturated carbocycles. The first kappa shape index (κ1) is 40.2. The van der Waals surface area contributed by atoms with Gasteiger partial charge in [-0.3, -0.25) is 9.88 Å². The standard InChI is InChI=1S/C35H52N4.2ClH.Co/c1-7-27-22-29(9-3)34(30(10-4)23-27)37-18-15-20-39(26-33-16-13-14-17-36-33)21-19-38-35-31(11-5)24-28(8-2)25-32(35)12-6;;;/h13-14,16-17,22-25,37-38H,7-12,15,18-21,26H2,1-6H3;2*1H;/q;;;+2/p-2. The molecule has 0 spiro atoms. The number of aromatic nitrogens is 1. The van der Waals surface area contributed by atoms with E-state index in [-0.39, 0.29) is 41.6 Å². The topological polar surface area (TPSA) is 40.2 Å². The maximum absolute atomic E-state index is 4.62. The summed E-state index contributed by atoms with van der Waals surface area (Å²) in [5, 5.41) is 7.65. The van der Waals surface area contributed by atoms with Crippen molar-refractivity contribution in [3.63, 3.8) is 0 Å². The Morgan fingerprint density at radius 3 is 1.50 bits per heavy atom. The van der Waals surface area contributed by atoms with Crippen LogP contribution in [0.15, 0.2) is 48.7 Å². The van der Waals surface area contributed by atoms with Gasteiger partial charge < -0.3 is 35.4 Å². The Hall–Kier alpha value is -1.76. The van der Waals surface area contributed by atoms with Crippen LogP contribution < -0.4 is 35.4 Å². The van der Waals surface area contributed by atoms with Crippen molar-refractivity contribution in [1.82, 2.24) is 9.88 Å². The second-order valence-electron chi connectivity index (χ2n) is 10.5. The van der Waals surface area contributed by atoms with Crippen molar-refractivity contribution < 1.29 is 41.6 Å². The number of hydrogen-bond acceptors (Lipinski definition) is 4. The molecule has 2 N–H and O–H groups in total. The van der Waals surface area contributed by atoms with Crippen LogP contribution >= 0.6 is 0 Å². The Kier molecular flexibility index (Phi) is 20.9. The van der Waals surface area contributed by atoms with E-state index in [2.05, 4.69) is 98.5 Å². The zero-order chi connectivity index (χ0) is 28.0. The van der Waals surface area contributed by atoms with E-state index >= 15 is 0 Å². The van der Waals surface area contributed by atoms with Gasteiger partial charge in [-0.15, -0.1) is 0 Å². The number of nitrogens with zero attached hydrogens (tertiary/aromatic N) is 2. The van der Waals surface area contributed by atoms with Gasteiger partial charge in [0.15, 0.2) is 0 Å². The molecule has 3 rings (SSSR count). The van der Waals surface area contributed by atoms with E-state index in [0.717, 1.165) is 83.4 Å². The summed E-state index contributed by atoms with van der Waals surface area (Å²) in [5.41, 5.74) is 12.5. The Bertz CT molecular complexity index is 1110. The molecule has 0 fully saturated rings. The molecule has 235 valence electrons. The van der Waals surface area contributed by atoms with Crippen molar-refractivity contribution >= 4 is 11.4 Å². The van der Waals surface area contributed by atoms with Gasteiger partial charge in [0.2, 0.25) is 0 Å². The summed E-state index contributed by atoms with van der Waals surface area (Å²) in [6.45, 7) is 18.4. The van der Waals surface area contributed by atoms with Crippen molar-refractivity contribution in [3.8, 4) is 0 Å². The molecule has 0 atom stereocenters. The minimum atomic E-state index is 0. The van der Waals surface area contributed by atoms with E-state index in [0.29, 0.717) is 0 Å². The predicted octanol–water partition coefficient (Wildman–Crippen LogP) is 1.88. The fourth-order valence-electron chi connectivity index (χ4n) is 5.50. The summed E-state index contributed by atoms with van der Waals surface area (Å²) >= 11 is 0. The van der Waals surface area contributed by atoms with Crippen LogP contribution in [0.5, 0.6) is 0 Å². The van der Waals surface area contributed by atoms with Gasteiger partial charge in [-0.05, 0) is 90.5 Å². The van der Waals surface area contributed by atoms with Crippen LogP contribution in [0.3, 0.4) is 0 Å². The van der Waals surface area contributed by atoms with Crippen LogP contribution in [-0.4, -0.2) is 36.1 Å². The van der Waals surface area contributed by atoms with E-state index in [4.69, 9.17) is 0 Å². The number of halogens is 2. The molecular weight excluding hydrogens is 606 g/mol. The van der Waals surface area contributed by atoms with Gasteiger partial charge in [-0.1, -0.05) is 71.9 Å². The molecule has 1 radical (unpaired) electrons. The van der Waals surface area contributed by atoms with Gasteiger partial charge >= 0.3 is 16.8 Å². The number of nitrogens with one attached hydrogen (secondary N) is 2. The Morgan fingerprint density at radius 1 is 0.619 bits per heavy atom. The molecule has 7 heteroatoms. The molecule has 4 nitrogen and oxygen atoms in total. The van der Waals surface area contributed by atoms with Crippen molar-refractivity contribution in [1.29, 1.82) is 0 Å². The molecule has 2 aromatic carbocycles. The van der Waals surface area contributed by atoms with E-state index in [1.54, 1.807) is 0 Å². The third-order valence-corrected chi connectivity index (χ3v) is 7.86. The monoisotopic (exact) mass is 657 g/mol. The van der Waals surface area contributed by atoms with Crippen LogP contribution in [0.1, 0.15) is 87.0 Å². The Morgan fingerprint density at radius 2 is 1.10 bits per heavy atom. The molecule has 1 heterocycles. The van der Waals surface area contributed by atoms with Crippen LogP contribution in [0.4, 0.5) is 11.4 Å². The molecule has 0 aliphatic carbocycles. The number of benzene rings is 2. The quantitative estimate of drug-likeness (QED) is 0.218. The Balaban J connectivity index is 0.00000560. The van der Waals surface area contributed by atoms with E-state index in [9.17, 15) is 0 Å². The molecule has 0 aliphatic heterocycles. The largest absolute Gasteiger partial charge is 2.00 e. The van der Waals surface area contributed by atoms with Crippen LogP contribution in [0.25, 0.3) is 0 Å². The van der Waals surface area contributed by atoms with Gasteiger partial charge in [-0.25, -0.2) is 0 Å². The maximum atomic E-state index is 4.62. The van der Waals surface area contributed by atoms with Gasteiger partial charge in [0.25, 0.3) is 0 Å². The fourth-order valence-corrected chi connectivity index (χ4v) is 5.50. The first-order valence-corrected chi connectivity index (χ1v) is 15.5. The second-order valence-corrected chi connectivity index (χ2v) is 10.5. The summed E-state index contributed by atoms with van der Waals surface area (Å²) in [7, 11) is 0. The first-order valence-electron chi connectivity index (χ1n) is 15.5. The molecule has 0 saturated heterocycles. The molecular formula is C35H52Cl2CoN4. The third kappa shape index (κ3) is 11.7. The molecule has 0 aliphatic rings. The SMILES string of the molecule is CCc1cc(CC)c(NCCCN(CCNc2c(CC)cc(CC)cc2CC)Cc2ccccn2)c(CC)c1.[Cl-].[Cl-].[Co+2]. The van der Waals surface area contributed by atoms with Crippen LogP contribution in [0.2, 0.25) is 0 Å². The van der Waals surface area contributed by atoms with Crippen molar-refractivity contribution in [2.24, 2.45) is 0 Å². The summed E-state index contributed by atoms with van der Waals surface area (Å²) in [4.78, 5) is 7.17. The van der Waals surface area contributed by atoms with Gasteiger partial charge in [-0.2, -0.15) is 0 Å². The minimum Gasteiger partial charge on any atom is -1.00 e. The first-order chi connectivity index (χ1) is 19.1.